The number of ether oxygens (including phenoxy) is 2. The Bertz CT molecular complexity index is 697. The molecule has 0 radical (unpaired) electrons. The Hall–Kier alpha value is -1.86. The molecule has 1 aromatic carbocycles. The molecule has 0 saturated carbocycles. The van der Waals surface area contributed by atoms with Crippen LogP contribution in [-0.4, -0.2) is 25.1 Å². The molecule has 7 heteroatoms. The van der Waals surface area contributed by atoms with E-state index in [1.807, 2.05) is 12.1 Å². The molecule has 0 unspecified atom stereocenters. The minimum Gasteiger partial charge on any atom is -0.484 e. The van der Waals surface area contributed by atoms with E-state index >= 15 is 0 Å². The van der Waals surface area contributed by atoms with Gasteiger partial charge in [0.25, 0.3) is 5.91 Å². The topological polar surface area (TPSA) is 64.6 Å². The van der Waals surface area contributed by atoms with Gasteiger partial charge in [-0.15, -0.1) is 11.3 Å². The lowest BCUT2D eigenvalue weighted by Gasteiger charge is -2.06. The Balaban J connectivity index is 1.91. The average Bonchev–Trinajstić information content (AvgIpc) is 2.87. The monoisotopic (exact) mass is 397 g/mol. The normalized spacial score (nSPS) is 10.2. The molecule has 0 aliphatic carbocycles. The first-order valence-corrected chi connectivity index (χ1v) is 8.56. The van der Waals surface area contributed by atoms with Gasteiger partial charge in [-0.25, -0.2) is 4.79 Å². The van der Waals surface area contributed by atoms with Crippen LogP contribution >= 0.6 is 27.3 Å². The first-order valence-electron chi connectivity index (χ1n) is 6.95. The standard InChI is InChI=1S/C16H16BrNO4S/c1-3-21-16(20)15-10(2)8-14(23-15)18-13(19)9-22-12-6-4-11(17)5-7-12/h4-8H,3,9H2,1-2H3,(H,18,19). The molecule has 0 spiro atoms. The van der Waals surface area contributed by atoms with Crippen LogP contribution in [0.25, 0.3) is 0 Å². The predicted octanol–water partition coefficient (Wildman–Crippen LogP) is 4.01. The summed E-state index contributed by atoms with van der Waals surface area (Å²) >= 11 is 4.52. The van der Waals surface area contributed by atoms with Gasteiger partial charge in [-0.05, 0) is 49.7 Å². The lowest BCUT2D eigenvalue weighted by molar-refractivity contribution is -0.118. The number of rotatable bonds is 6. The van der Waals surface area contributed by atoms with Crippen molar-refractivity contribution in [2.45, 2.75) is 13.8 Å². The van der Waals surface area contributed by atoms with E-state index in [9.17, 15) is 9.59 Å². The van der Waals surface area contributed by atoms with Gasteiger partial charge in [-0.1, -0.05) is 15.9 Å². The molecule has 0 aliphatic heterocycles. The lowest BCUT2D eigenvalue weighted by atomic mass is 10.3. The molecule has 23 heavy (non-hydrogen) atoms. The first kappa shape index (κ1) is 17.5. The van der Waals surface area contributed by atoms with Crippen molar-refractivity contribution in [1.82, 2.24) is 0 Å². The number of esters is 1. The Morgan fingerprint density at radius 2 is 1.96 bits per heavy atom. The summed E-state index contributed by atoms with van der Waals surface area (Å²) in [6, 6.07) is 8.95. The number of halogens is 1. The smallest absolute Gasteiger partial charge is 0.348 e. The quantitative estimate of drug-likeness (QED) is 0.747. The first-order chi connectivity index (χ1) is 11.0. The molecule has 1 aromatic heterocycles. The zero-order valence-electron chi connectivity index (χ0n) is 12.7. The summed E-state index contributed by atoms with van der Waals surface area (Å²) in [4.78, 5) is 24.2. The third-order valence-electron chi connectivity index (χ3n) is 2.82. The molecular weight excluding hydrogens is 382 g/mol. The highest BCUT2D eigenvalue weighted by molar-refractivity contribution is 9.10. The van der Waals surface area contributed by atoms with Crippen molar-refractivity contribution in [3.8, 4) is 5.75 Å². The van der Waals surface area contributed by atoms with Crippen LogP contribution in [0, 0.1) is 6.92 Å². The highest BCUT2D eigenvalue weighted by Gasteiger charge is 2.16. The van der Waals surface area contributed by atoms with Crippen molar-refractivity contribution in [3.05, 3.63) is 45.2 Å². The Morgan fingerprint density at radius 3 is 2.61 bits per heavy atom. The van der Waals surface area contributed by atoms with Gasteiger partial charge < -0.3 is 14.8 Å². The molecule has 2 rings (SSSR count). The molecule has 1 heterocycles. The fourth-order valence-electron chi connectivity index (χ4n) is 1.80. The molecule has 5 nitrogen and oxygen atoms in total. The number of nitrogens with one attached hydrogen (secondary N) is 1. The van der Waals surface area contributed by atoms with Gasteiger partial charge in [0.1, 0.15) is 10.6 Å². The molecule has 0 saturated heterocycles. The molecule has 0 aliphatic rings. The van der Waals surface area contributed by atoms with E-state index in [0.717, 1.165) is 10.0 Å². The molecule has 0 bridgehead atoms. The van der Waals surface area contributed by atoms with E-state index < -0.39 is 0 Å². The SMILES string of the molecule is CCOC(=O)c1sc(NC(=O)COc2ccc(Br)cc2)cc1C. The fraction of sp³-hybridized carbons (Fsp3) is 0.250. The van der Waals surface area contributed by atoms with Crippen molar-refractivity contribution in [3.63, 3.8) is 0 Å². The third kappa shape index (κ3) is 5.07. The van der Waals surface area contributed by atoms with Crippen LogP contribution in [0.4, 0.5) is 5.00 Å². The van der Waals surface area contributed by atoms with Crippen molar-refractivity contribution in [1.29, 1.82) is 0 Å². The number of thiophene rings is 1. The van der Waals surface area contributed by atoms with Gasteiger partial charge >= 0.3 is 5.97 Å². The summed E-state index contributed by atoms with van der Waals surface area (Å²) in [5.41, 5.74) is 0.776. The second kappa shape index (κ2) is 8.12. The summed E-state index contributed by atoms with van der Waals surface area (Å²) in [6.45, 7) is 3.77. The summed E-state index contributed by atoms with van der Waals surface area (Å²) in [5, 5.41) is 3.31. The van der Waals surface area contributed by atoms with Crippen LogP contribution in [0.2, 0.25) is 0 Å². The van der Waals surface area contributed by atoms with E-state index in [1.54, 1.807) is 32.0 Å². The highest BCUT2D eigenvalue weighted by Crippen LogP contribution is 2.27. The molecule has 1 N–H and O–H groups in total. The number of aryl methyl sites for hydroxylation is 1. The van der Waals surface area contributed by atoms with Crippen molar-refractivity contribution >= 4 is 44.1 Å². The van der Waals surface area contributed by atoms with Crippen LogP contribution in [0.1, 0.15) is 22.2 Å². The van der Waals surface area contributed by atoms with Crippen LogP contribution in [0.15, 0.2) is 34.8 Å². The maximum Gasteiger partial charge on any atom is 0.348 e. The maximum atomic E-state index is 11.9. The minimum absolute atomic E-state index is 0.104. The third-order valence-corrected chi connectivity index (χ3v) is 4.49. The van der Waals surface area contributed by atoms with Crippen molar-refractivity contribution in [2.24, 2.45) is 0 Å². The van der Waals surface area contributed by atoms with Crippen molar-refractivity contribution in [2.75, 3.05) is 18.5 Å². The van der Waals surface area contributed by atoms with E-state index in [2.05, 4.69) is 21.2 Å². The van der Waals surface area contributed by atoms with Crippen LogP contribution in [-0.2, 0) is 9.53 Å². The van der Waals surface area contributed by atoms with Crippen molar-refractivity contribution < 1.29 is 19.1 Å². The largest absolute Gasteiger partial charge is 0.484 e. The van der Waals surface area contributed by atoms with E-state index in [4.69, 9.17) is 9.47 Å². The van der Waals surface area contributed by atoms with Gasteiger partial charge in [-0.2, -0.15) is 0 Å². The Labute approximate surface area is 146 Å². The summed E-state index contributed by atoms with van der Waals surface area (Å²) in [7, 11) is 0. The minimum atomic E-state index is -0.374. The fourth-order valence-corrected chi connectivity index (χ4v) is 3.04. The number of carbonyl (C=O) groups excluding carboxylic acids is 2. The number of anilines is 1. The average molecular weight is 398 g/mol. The Kier molecular flexibility index (Phi) is 6.18. The molecule has 0 fully saturated rings. The van der Waals surface area contributed by atoms with Gasteiger partial charge in [-0.3, -0.25) is 4.79 Å². The van der Waals surface area contributed by atoms with Crippen LogP contribution in [0.3, 0.4) is 0 Å². The molecule has 122 valence electrons. The van der Waals surface area contributed by atoms with Crippen LogP contribution in [0.5, 0.6) is 5.75 Å². The molecule has 0 atom stereocenters. The second-order valence-electron chi connectivity index (χ2n) is 4.63. The van der Waals surface area contributed by atoms with Gasteiger partial charge in [0, 0.05) is 4.47 Å². The van der Waals surface area contributed by atoms with E-state index in [0.29, 0.717) is 22.2 Å². The lowest BCUT2D eigenvalue weighted by Crippen LogP contribution is -2.19. The van der Waals surface area contributed by atoms with Gasteiger partial charge in [0.05, 0.1) is 11.6 Å². The van der Waals surface area contributed by atoms with E-state index in [1.165, 1.54) is 11.3 Å². The second-order valence-corrected chi connectivity index (χ2v) is 6.60. The zero-order chi connectivity index (χ0) is 16.8. The maximum absolute atomic E-state index is 11.9. The number of carbonyl (C=O) groups is 2. The highest BCUT2D eigenvalue weighted by atomic mass is 79.9. The summed E-state index contributed by atoms with van der Waals surface area (Å²) in [5.74, 6) is -0.0517. The number of hydrogen-bond acceptors (Lipinski definition) is 5. The summed E-state index contributed by atoms with van der Waals surface area (Å²) in [6.07, 6.45) is 0. The summed E-state index contributed by atoms with van der Waals surface area (Å²) < 4.78 is 11.3. The molecule has 1 amide bonds. The molecular formula is C16H16BrNO4S. The van der Waals surface area contributed by atoms with E-state index in [-0.39, 0.29) is 18.5 Å². The Morgan fingerprint density at radius 1 is 1.26 bits per heavy atom. The number of benzene rings is 1. The molecule has 2 aromatic rings. The zero-order valence-corrected chi connectivity index (χ0v) is 15.1. The van der Waals surface area contributed by atoms with Gasteiger partial charge in [0.2, 0.25) is 0 Å². The predicted molar refractivity (Wildman–Crippen MR) is 93.3 cm³/mol. The van der Waals surface area contributed by atoms with Gasteiger partial charge in [0.15, 0.2) is 6.61 Å². The number of hydrogen-bond donors (Lipinski definition) is 1. The van der Waals surface area contributed by atoms with Crippen LogP contribution < -0.4 is 10.1 Å². The number of amides is 1.